The van der Waals surface area contributed by atoms with Crippen molar-refractivity contribution >= 4 is 15.9 Å². The first-order valence-corrected chi connectivity index (χ1v) is 8.52. The number of methoxy groups -OCH3 is 1. The van der Waals surface area contributed by atoms with E-state index in [1.165, 1.54) is 13.2 Å². The number of nitrogens with two attached hydrogens (primary N) is 1. The maximum absolute atomic E-state index is 12.1. The third-order valence-corrected chi connectivity index (χ3v) is 4.36. The van der Waals surface area contributed by atoms with Gasteiger partial charge in [-0.2, -0.15) is 0 Å². The molecule has 1 aromatic carbocycles. The van der Waals surface area contributed by atoms with Crippen molar-refractivity contribution in [1.82, 2.24) is 10.0 Å². The minimum absolute atomic E-state index is 0.100. The van der Waals surface area contributed by atoms with Crippen molar-refractivity contribution < 1.29 is 17.9 Å². The molecular weight excluding hydrogens is 306 g/mol. The number of ether oxygens (including phenoxy) is 1. The number of nitrogens with one attached hydrogen (secondary N) is 2. The van der Waals surface area contributed by atoms with E-state index in [9.17, 15) is 13.2 Å². The predicted octanol–water partition coefficient (Wildman–Crippen LogP) is -0.0336. The van der Waals surface area contributed by atoms with Crippen molar-refractivity contribution in [3.05, 3.63) is 29.8 Å². The molecule has 0 unspecified atom stereocenters. The first-order valence-electron chi connectivity index (χ1n) is 7.04. The van der Waals surface area contributed by atoms with Gasteiger partial charge in [0.2, 0.25) is 15.9 Å². The molecule has 0 saturated carbocycles. The molecule has 0 aliphatic carbocycles. The largest absolute Gasteiger partial charge is 0.383 e. The van der Waals surface area contributed by atoms with Gasteiger partial charge in [0.05, 0.1) is 11.5 Å². The van der Waals surface area contributed by atoms with E-state index in [4.69, 9.17) is 10.5 Å². The predicted molar refractivity (Wildman–Crippen MR) is 83.6 cm³/mol. The van der Waals surface area contributed by atoms with Crippen LogP contribution in [0.3, 0.4) is 0 Å². The highest BCUT2D eigenvalue weighted by Crippen LogP contribution is 2.11. The van der Waals surface area contributed by atoms with Gasteiger partial charge >= 0.3 is 0 Å². The standard InChI is InChI=1S/C14H23N3O4S/c1-21-9-8-17-22(19,20)13-5-2-4-12(10-13)11-16-14(18)6-3-7-15/h2,4-5,10,17H,3,6-9,11,15H2,1H3,(H,16,18). The summed E-state index contributed by atoms with van der Waals surface area (Å²) in [4.78, 5) is 11.7. The van der Waals surface area contributed by atoms with Crippen LogP contribution in [0.4, 0.5) is 0 Å². The first-order chi connectivity index (χ1) is 10.5. The second-order valence-corrected chi connectivity index (χ2v) is 6.47. The Morgan fingerprint density at radius 3 is 2.82 bits per heavy atom. The molecule has 22 heavy (non-hydrogen) atoms. The fraction of sp³-hybridized carbons (Fsp3) is 0.500. The van der Waals surface area contributed by atoms with Gasteiger partial charge < -0.3 is 15.8 Å². The Morgan fingerprint density at radius 2 is 2.14 bits per heavy atom. The molecule has 0 spiro atoms. The molecule has 7 nitrogen and oxygen atoms in total. The van der Waals surface area contributed by atoms with Crippen molar-refractivity contribution in [3.8, 4) is 0 Å². The zero-order chi connectivity index (χ0) is 16.4. The van der Waals surface area contributed by atoms with Gasteiger partial charge in [-0.25, -0.2) is 13.1 Å². The highest BCUT2D eigenvalue weighted by atomic mass is 32.2. The minimum atomic E-state index is -3.57. The van der Waals surface area contributed by atoms with E-state index in [2.05, 4.69) is 10.0 Å². The van der Waals surface area contributed by atoms with E-state index in [1.54, 1.807) is 18.2 Å². The van der Waals surface area contributed by atoms with Crippen molar-refractivity contribution in [2.75, 3.05) is 26.8 Å². The molecule has 0 aromatic heterocycles. The molecule has 0 fully saturated rings. The Hall–Kier alpha value is -1.48. The summed E-state index contributed by atoms with van der Waals surface area (Å²) in [7, 11) is -2.06. The fourth-order valence-corrected chi connectivity index (χ4v) is 2.82. The van der Waals surface area contributed by atoms with E-state index in [1.807, 2.05) is 0 Å². The Bertz CT molecular complexity index is 575. The monoisotopic (exact) mass is 329 g/mol. The fourth-order valence-electron chi connectivity index (χ4n) is 1.74. The van der Waals surface area contributed by atoms with Gasteiger partial charge in [0.15, 0.2) is 0 Å². The molecule has 0 bridgehead atoms. The molecule has 4 N–H and O–H groups in total. The lowest BCUT2D eigenvalue weighted by Gasteiger charge is -2.09. The molecule has 0 saturated heterocycles. The molecule has 0 atom stereocenters. The van der Waals surface area contributed by atoms with Crippen LogP contribution >= 0.6 is 0 Å². The summed E-state index contributed by atoms with van der Waals surface area (Å²) in [5.74, 6) is -0.100. The van der Waals surface area contributed by atoms with Crippen molar-refractivity contribution in [1.29, 1.82) is 0 Å². The van der Waals surface area contributed by atoms with Gasteiger partial charge in [-0.15, -0.1) is 0 Å². The van der Waals surface area contributed by atoms with Crippen LogP contribution in [-0.4, -0.2) is 41.1 Å². The minimum Gasteiger partial charge on any atom is -0.383 e. The Morgan fingerprint density at radius 1 is 1.36 bits per heavy atom. The summed E-state index contributed by atoms with van der Waals surface area (Å²) >= 11 is 0. The van der Waals surface area contributed by atoms with Crippen LogP contribution in [-0.2, 0) is 26.1 Å². The number of carbonyl (C=O) groups is 1. The van der Waals surface area contributed by atoms with Crippen LogP contribution in [0, 0.1) is 0 Å². The quantitative estimate of drug-likeness (QED) is 0.522. The molecular formula is C14H23N3O4S. The van der Waals surface area contributed by atoms with E-state index in [0.29, 0.717) is 26.0 Å². The Kier molecular flexibility index (Phi) is 8.03. The van der Waals surface area contributed by atoms with Crippen molar-refractivity contribution in [3.63, 3.8) is 0 Å². The van der Waals surface area contributed by atoms with Crippen LogP contribution in [0.1, 0.15) is 18.4 Å². The van der Waals surface area contributed by atoms with Crippen LogP contribution < -0.4 is 15.8 Å². The van der Waals surface area contributed by atoms with Gasteiger partial charge in [-0.3, -0.25) is 4.79 Å². The lowest BCUT2D eigenvalue weighted by Crippen LogP contribution is -2.27. The molecule has 0 radical (unpaired) electrons. The maximum Gasteiger partial charge on any atom is 0.240 e. The smallest absolute Gasteiger partial charge is 0.240 e. The first kappa shape index (κ1) is 18.6. The van der Waals surface area contributed by atoms with E-state index in [-0.39, 0.29) is 23.9 Å². The van der Waals surface area contributed by atoms with Gasteiger partial charge in [-0.1, -0.05) is 12.1 Å². The van der Waals surface area contributed by atoms with Crippen molar-refractivity contribution in [2.45, 2.75) is 24.3 Å². The molecule has 1 amide bonds. The highest BCUT2D eigenvalue weighted by molar-refractivity contribution is 7.89. The van der Waals surface area contributed by atoms with Crippen molar-refractivity contribution in [2.24, 2.45) is 5.73 Å². The van der Waals surface area contributed by atoms with Crippen LogP contribution in [0.15, 0.2) is 29.2 Å². The number of amides is 1. The van der Waals surface area contributed by atoms with Crippen LogP contribution in [0.25, 0.3) is 0 Å². The summed E-state index contributed by atoms with van der Waals surface area (Å²) in [6, 6.07) is 6.46. The molecule has 1 rings (SSSR count). The zero-order valence-electron chi connectivity index (χ0n) is 12.7. The summed E-state index contributed by atoms with van der Waals surface area (Å²) in [5, 5.41) is 2.74. The number of carbonyl (C=O) groups excluding carboxylic acids is 1. The number of benzene rings is 1. The lowest BCUT2D eigenvalue weighted by atomic mass is 10.2. The summed E-state index contributed by atoms with van der Waals surface area (Å²) in [5.41, 5.74) is 6.06. The zero-order valence-corrected chi connectivity index (χ0v) is 13.5. The summed E-state index contributed by atoms with van der Waals surface area (Å²) < 4.78 is 31.4. The van der Waals surface area contributed by atoms with E-state index >= 15 is 0 Å². The molecule has 0 aliphatic rings. The van der Waals surface area contributed by atoms with Gasteiger partial charge in [-0.05, 0) is 30.7 Å². The third kappa shape index (κ3) is 6.52. The SMILES string of the molecule is COCCNS(=O)(=O)c1cccc(CNC(=O)CCCN)c1. The molecule has 0 aliphatic heterocycles. The lowest BCUT2D eigenvalue weighted by molar-refractivity contribution is -0.121. The second kappa shape index (κ2) is 9.52. The maximum atomic E-state index is 12.1. The number of hydrogen-bond donors (Lipinski definition) is 3. The van der Waals surface area contributed by atoms with Gasteiger partial charge in [0.25, 0.3) is 0 Å². The highest BCUT2D eigenvalue weighted by Gasteiger charge is 2.13. The Labute approximate surface area is 131 Å². The van der Waals surface area contributed by atoms with E-state index < -0.39 is 10.0 Å². The average molecular weight is 329 g/mol. The summed E-state index contributed by atoms with van der Waals surface area (Å²) in [6.07, 6.45) is 0.997. The average Bonchev–Trinajstić information content (AvgIpc) is 2.51. The van der Waals surface area contributed by atoms with Crippen LogP contribution in [0.5, 0.6) is 0 Å². The van der Waals surface area contributed by atoms with E-state index in [0.717, 1.165) is 5.56 Å². The van der Waals surface area contributed by atoms with Crippen LogP contribution in [0.2, 0.25) is 0 Å². The van der Waals surface area contributed by atoms with Gasteiger partial charge in [0, 0.05) is 26.6 Å². The molecule has 8 heteroatoms. The number of hydrogen-bond acceptors (Lipinski definition) is 5. The van der Waals surface area contributed by atoms with Gasteiger partial charge in [0.1, 0.15) is 0 Å². The third-order valence-electron chi connectivity index (χ3n) is 2.90. The number of sulfonamides is 1. The second-order valence-electron chi connectivity index (χ2n) is 4.71. The topological polar surface area (TPSA) is 111 Å². The molecule has 1 aromatic rings. The molecule has 124 valence electrons. The molecule has 0 heterocycles. The normalized spacial score (nSPS) is 11.4. The number of rotatable bonds is 10. The summed E-state index contributed by atoms with van der Waals surface area (Å²) in [6.45, 7) is 1.26. The Balaban J connectivity index is 2.63.